The molecule has 0 aliphatic heterocycles. The number of esters is 1. The maximum atomic E-state index is 13.7. The van der Waals surface area contributed by atoms with E-state index in [1.807, 2.05) is 13.8 Å². The Labute approximate surface area is 239 Å². The Kier molecular flexibility index (Phi) is 8.92. The van der Waals surface area contributed by atoms with Gasteiger partial charge in [0.1, 0.15) is 0 Å². The van der Waals surface area contributed by atoms with Crippen LogP contribution in [0.1, 0.15) is 44.3 Å². The van der Waals surface area contributed by atoms with E-state index in [-0.39, 0.29) is 24.0 Å². The molecule has 0 saturated heterocycles. The standard InChI is InChI=1S/C31H29ClN2O5S/c1-4-39-31(36)25-14-10-21(2)28(18-25)33-30(35)24-15-12-23(13-16-24)20-34(29-19-26(32)17-11-22(29)3)40(37,38)27-8-6-5-7-9-27/h5-19H,4,20H2,1-3H3,(H,33,35). The van der Waals surface area contributed by atoms with E-state index in [0.717, 1.165) is 11.1 Å². The third-order valence-electron chi connectivity index (χ3n) is 6.31. The van der Waals surface area contributed by atoms with Gasteiger partial charge in [-0.1, -0.05) is 54.1 Å². The number of sulfonamides is 1. The monoisotopic (exact) mass is 576 g/mol. The van der Waals surface area contributed by atoms with Crippen LogP contribution in [0.15, 0.2) is 95.9 Å². The van der Waals surface area contributed by atoms with E-state index in [2.05, 4.69) is 5.32 Å². The van der Waals surface area contributed by atoms with Gasteiger partial charge in [-0.2, -0.15) is 0 Å². The lowest BCUT2D eigenvalue weighted by Crippen LogP contribution is -2.31. The molecular formula is C31H29ClN2O5S. The summed E-state index contributed by atoms with van der Waals surface area (Å²) in [5.41, 5.74) is 3.90. The zero-order chi connectivity index (χ0) is 28.9. The fraction of sp³-hybridized carbons (Fsp3) is 0.161. The second kappa shape index (κ2) is 12.4. The van der Waals surface area contributed by atoms with Crippen LogP contribution < -0.4 is 9.62 Å². The number of aryl methyl sites for hydroxylation is 2. The predicted molar refractivity (Wildman–Crippen MR) is 158 cm³/mol. The molecule has 0 atom stereocenters. The van der Waals surface area contributed by atoms with Crippen molar-refractivity contribution in [2.24, 2.45) is 0 Å². The Bertz CT molecular complexity index is 1640. The summed E-state index contributed by atoms with van der Waals surface area (Å²) in [5.74, 6) is -0.831. The van der Waals surface area contributed by atoms with Gasteiger partial charge >= 0.3 is 5.97 Å². The molecule has 1 amide bonds. The van der Waals surface area contributed by atoms with E-state index >= 15 is 0 Å². The van der Waals surface area contributed by atoms with E-state index in [1.165, 1.54) is 4.31 Å². The maximum absolute atomic E-state index is 13.7. The molecule has 1 N–H and O–H groups in total. The number of anilines is 2. The minimum atomic E-state index is -3.92. The molecule has 4 aromatic carbocycles. The Morgan fingerprint density at radius 3 is 2.17 bits per heavy atom. The lowest BCUT2D eigenvalue weighted by atomic mass is 10.1. The van der Waals surface area contributed by atoms with Gasteiger partial charge < -0.3 is 10.1 Å². The SMILES string of the molecule is CCOC(=O)c1ccc(C)c(NC(=O)c2ccc(CN(c3cc(Cl)ccc3C)S(=O)(=O)c3ccccc3)cc2)c1. The summed E-state index contributed by atoms with van der Waals surface area (Å²) >= 11 is 6.24. The van der Waals surface area contributed by atoms with Crippen molar-refractivity contribution in [3.8, 4) is 0 Å². The van der Waals surface area contributed by atoms with Crippen molar-refractivity contribution in [3.05, 3.63) is 124 Å². The molecule has 4 aromatic rings. The molecule has 0 unspecified atom stereocenters. The Hall–Kier alpha value is -4.14. The highest BCUT2D eigenvalue weighted by molar-refractivity contribution is 7.92. The lowest BCUT2D eigenvalue weighted by molar-refractivity contribution is 0.0526. The summed E-state index contributed by atoms with van der Waals surface area (Å²) in [6, 6.07) is 25.0. The first-order valence-electron chi connectivity index (χ1n) is 12.6. The first-order chi connectivity index (χ1) is 19.1. The minimum Gasteiger partial charge on any atom is -0.462 e. The molecule has 0 aliphatic carbocycles. The van der Waals surface area contributed by atoms with Crippen LogP contribution in [0.25, 0.3) is 0 Å². The lowest BCUT2D eigenvalue weighted by Gasteiger charge is -2.26. The number of nitrogens with zero attached hydrogens (tertiary/aromatic N) is 1. The molecule has 40 heavy (non-hydrogen) atoms. The van der Waals surface area contributed by atoms with Gasteiger partial charge in [-0.3, -0.25) is 9.10 Å². The normalized spacial score (nSPS) is 11.1. The molecule has 0 aromatic heterocycles. The summed E-state index contributed by atoms with van der Waals surface area (Å²) in [5, 5.41) is 3.26. The molecule has 0 bridgehead atoms. The summed E-state index contributed by atoms with van der Waals surface area (Å²) < 4.78 is 33.8. The van der Waals surface area contributed by atoms with Crippen LogP contribution in [-0.2, 0) is 21.3 Å². The molecule has 0 aliphatic rings. The molecule has 0 radical (unpaired) electrons. The smallest absolute Gasteiger partial charge is 0.338 e. The Morgan fingerprint density at radius 2 is 1.50 bits per heavy atom. The predicted octanol–water partition coefficient (Wildman–Crippen LogP) is 6.78. The fourth-order valence-corrected chi connectivity index (χ4v) is 5.79. The summed E-state index contributed by atoms with van der Waals surface area (Å²) in [6.45, 7) is 5.66. The van der Waals surface area contributed by atoms with Crippen molar-refractivity contribution in [2.75, 3.05) is 16.2 Å². The average molecular weight is 577 g/mol. The zero-order valence-electron chi connectivity index (χ0n) is 22.3. The summed E-state index contributed by atoms with van der Waals surface area (Å²) in [4.78, 5) is 25.3. The van der Waals surface area contributed by atoms with Crippen molar-refractivity contribution in [2.45, 2.75) is 32.2 Å². The van der Waals surface area contributed by atoms with E-state index in [4.69, 9.17) is 16.3 Å². The van der Waals surface area contributed by atoms with Crippen molar-refractivity contribution in [3.63, 3.8) is 0 Å². The van der Waals surface area contributed by atoms with Gasteiger partial charge in [0, 0.05) is 16.3 Å². The van der Waals surface area contributed by atoms with Crippen molar-refractivity contribution in [1.29, 1.82) is 0 Å². The fourth-order valence-electron chi connectivity index (χ4n) is 4.09. The number of nitrogens with one attached hydrogen (secondary N) is 1. The molecular weight excluding hydrogens is 548 g/mol. The Balaban J connectivity index is 1.60. The highest BCUT2D eigenvalue weighted by Crippen LogP contribution is 2.31. The molecule has 0 fully saturated rings. The van der Waals surface area contributed by atoms with Crippen LogP contribution in [0, 0.1) is 13.8 Å². The molecule has 7 nitrogen and oxygen atoms in total. The van der Waals surface area contributed by atoms with Gasteiger partial charge in [-0.15, -0.1) is 0 Å². The number of carbonyl (C=O) groups is 2. The first-order valence-corrected chi connectivity index (χ1v) is 14.4. The second-order valence-corrected chi connectivity index (χ2v) is 11.5. The number of benzene rings is 4. The van der Waals surface area contributed by atoms with E-state index < -0.39 is 16.0 Å². The van der Waals surface area contributed by atoms with E-state index in [9.17, 15) is 18.0 Å². The van der Waals surface area contributed by atoms with Crippen molar-refractivity contribution < 1.29 is 22.7 Å². The van der Waals surface area contributed by atoms with Crippen LogP contribution in [0.4, 0.5) is 11.4 Å². The van der Waals surface area contributed by atoms with Crippen LogP contribution in [0.2, 0.25) is 5.02 Å². The topological polar surface area (TPSA) is 92.8 Å². The molecule has 0 spiro atoms. The van der Waals surface area contributed by atoms with Crippen molar-refractivity contribution >= 4 is 44.9 Å². The minimum absolute atomic E-state index is 0.0288. The van der Waals surface area contributed by atoms with Gasteiger partial charge in [0.2, 0.25) is 0 Å². The number of ether oxygens (including phenoxy) is 1. The second-order valence-electron chi connectivity index (χ2n) is 9.16. The molecule has 206 valence electrons. The highest BCUT2D eigenvalue weighted by atomic mass is 35.5. The number of carbonyl (C=O) groups excluding carboxylic acids is 2. The first kappa shape index (κ1) is 28.9. The third kappa shape index (κ3) is 6.52. The highest BCUT2D eigenvalue weighted by Gasteiger charge is 2.26. The molecule has 4 rings (SSSR count). The van der Waals surface area contributed by atoms with E-state index in [0.29, 0.717) is 33.1 Å². The largest absolute Gasteiger partial charge is 0.462 e. The van der Waals surface area contributed by atoms with Gasteiger partial charge in [0.25, 0.3) is 15.9 Å². The average Bonchev–Trinajstić information content (AvgIpc) is 2.95. The van der Waals surface area contributed by atoms with Crippen molar-refractivity contribution in [1.82, 2.24) is 0 Å². The molecule has 0 saturated carbocycles. The Morgan fingerprint density at radius 1 is 0.850 bits per heavy atom. The molecule has 0 heterocycles. The number of amides is 1. The molecule has 9 heteroatoms. The van der Waals surface area contributed by atoms with Crippen LogP contribution in [0.5, 0.6) is 0 Å². The number of hydrogen-bond acceptors (Lipinski definition) is 5. The number of rotatable bonds is 9. The van der Waals surface area contributed by atoms with Crippen LogP contribution in [0.3, 0.4) is 0 Å². The van der Waals surface area contributed by atoms with Gasteiger partial charge in [-0.05, 0) is 86.0 Å². The van der Waals surface area contributed by atoms with Gasteiger partial charge in [-0.25, -0.2) is 13.2 Å². The summed E-state index contributed by atoms with van der Waals surface area (Å²) in [7, 11) is -3.92. The third-order valence-corrected chi connectivity index (χ3v) is 8.32. The van der Waals surface area contributed by atoms with E-state index in [1.54, 1.807) is 97.9 Å². The van der Waals surface area contributed by atoms with Gasteiger partial charge in [0.05, 0.1) is 29.3 Å². The number of hydrogen-bond donors (Lipinski definition) is 1. The van der Waals surface area contributed by atoms with Gasteiger partial charge in [0.15, 0.2) is 0 Å². The maximum Gasteiger partial charge on any atom is 0.338 e. The summed E-state index contributed by atoms with van der Waals surface area (Å²) in [6.07, 6.45) is 0. The zero-order valence-corrected chi connectivity index (χ0v) is 23.9. The van der Waals surface area contributed by atoms with Crippen LogP contribution >= 0.6 is 11.6 Å². The van der Waals surface area contributed by atoms with Crippen LogP contribution in [-0.4, -0.2) is 26.9 Å². The number of halogens is 1. The quantitative estimate of drug-likeness (QED) is 0.222.